The van der Waals surface area contributed by atoms with Crippen molar-refractivity contribution < 1.29 is 28.9 Å². The summed E-state index contributed by atoms with van der Waals surface area (Å²) in [7, 11) is 0. The van der Waals surface area contributed by atoms with Crippen LogP contribution in [0.2, 0.25) is 0 Å². The van der Waals surface area contributed by atoms with Gasteiger partial charge in [-0.2, -0.15) is 0 Å². The third-order valence-electron chi connectivity index (χ3n) is 7.07. The highest BCUT2D eigenvalue weighted by Crippen LogP contribution is 2.42. The summed E-state index contributed by atoms with van der Waals surface area (Å²) in [5.41, 5.74) is 1.17. The molecule has 3 rings (SSSR count). The summed E-state index contributed by atoms with van der Waals surface area (Å²) >= 11 is 0. The van der Waals surface area contributed by atoms with Gasteiger partial charge in [0, 0.05) is 18.7 Å². The maximum atomic E-state index is 13.4. The van der Waals surface area contributed by atoms with E-state index in [1.807, 2.05) is 32.0 Å². The molecule has 8 heteroatoms. The summed E-state index contributed by atoms with van der Waals surface area (Å²) in [6.07, 6.45) is 0.904. The number of rotatable bonds is 15. The van der Waals surface area contributed by atoms with E-state index in [1.165, 1.54) is 0 Å². The van der Waals surface area contributed by atoms with E-state index in [-0.39, 0.29) is 11.3 Å². The van der Waals surface area contributed by atoms with Crippen molar-refractivity contribution >= 4 is 17.4 Å². The Hall–Kier alpha value is -3.52. The number of hydrogen-bond donors (Lipinski definition) is 1. The van der Waals surface area contributed by atoms with Crippen LogP contribution in [0.5, 0.6) is 17.2 Å². The van der Waals surface area contributed by atoms with Gasteiger partial charge in [-0.3, -0.25) is 9.59 Å². The zero-order valence-electron chi connectivity index (χ0n) is 24.7. The van der Waals surface area contributed by atoms with Crippen molar-refractivity contribution in [1.82, 2.24) is 9.80 Å². The van der Waals surface area contributed by atoms with Crippen molar-refractivity contribution in [2.75, 3.05) is 46.0 Å². The van der Waals surface area contributed by atoms with E-state index in [1.54, 1.807) is 29.2 Å². The average molecular weight is 553 g/mol. The minimum absolute atomic E-state index is 0.0598. The van der Waals surface area contributed by atoms with Gasteiger partial charge >= 0.3 is 0 Å². The number of carbonyl (C=O) groups is 2. The highest BCUT2D eigenvalue weighted by Gasteiger charge is 2.46. The van der Waals surface area contributed by atoms with Crippen molar-refractivity contribution in [1.29, 1.82) is 0 Å². The molecular formula is C32H44N2O6. The van der Waals surface area contributed by atoms with Crippen LogP contribution < -0.4 is 14.2 Å². The van der Waals surface area contributed by atoms with Crippen molar-refractivity contribution in [2.24, 2.45) is 5.92 Å². The number of benzene rings is 2. The van der Waals surface area contributed by atoms with Gasteiger partial charge in [-0.15, -0.1) is 0 Å². The molecule has 1 heterocycles. The van der Waals surface area contributed by atoms with Gasteiger partial charge < -0.3 is 29.1 Å². The molecule has 1 fully saturated rings. The molecular weight excluding hydrogens is 508 g/mol. The van der Waals surface area contributed by atoms with E-state index in [2.05, 4.69) is 32.6 Å². The first kappa shape index (κ1) is 31.0. The van der Waals surface area contributed by atoms with E-state index in [0.717, 1.165) is 19.5 Å². The predicted molar refractivity (Wildman–Crippen MR) is 157 cm³/mol. The summed E-state index contributed by atoms with van der Waals surface area (Å²) in [5.74, 6) is 0.766. The molecule has 0 aromatic heterocycles. The number of aliphatic hydroxyl groups is 1. The molecule has 1 unspecified atom stereocenters. The first-order chi connectivity index (χ1) is 19.2. The van der Waals surface area contributed by atoms with E-state index in [0.29, 0.717) is 67.2 Å². The molecule has 1 atom stereocenters. The quantitative estimate of drug-likeness (QED) is 0.173. The van der Waals surface area contributed by atoms with Crippen LogP contribution in [-0.4, -0.2) is 72.6 Å². The number of likely N-dealkylation sites (tertiary alicyclic amines) is 1. The number of nitrogens with zero attached hydrogens (tertiary/aromatic N) is 2. The number of aliphatic hydroxyl groups excluding tert-OH is 1. The standard InChI is InChI=1S/C32H44N2O6/c1-7-33(8-2)18-19-34-29(24-13-16-26(27(21-24)39-10-4)40-20-17-22(5)6)28(31(36)32(34)37)30(35)23-11-14-25(15-12-23)38-9-3/h11-16,21-22,29,35H,7-10,17-20H2,1-6H3/b30-28+. The lowest BCUT2D eigenvalue weighted by molar-refractivity contribution is -0.140. The highest BCUT2D eigenvalue weighted by molar-refractivity contribution is 6.46. The Labute approximate surface area is 238 Å². The fourth-order valence-corrected chi connectivity index (χ4v) is 4.76. The van der Waals surface area contributed by atoms with E-state index < -0.39 is 17.7 Å². The molecule has 1 amide bonds. The maximum Gasteiger partial charge on any atom is 0.295 e. The fourth-order valence-electron chi connectivity index (χ4n) is 4.76. The van der Waals surface area contributed by atoms with Gasteiger partial charge in [0.2, 0.25) is 0 Å². The smallest absolute Gasteiger partial charge is 0.295 e. The van der Waals surface area contributed by atoms with Crippen LogP contribution in [0.25, 0.3) is 5.76 Å². The molecule has 40 heavy (non-hydrogen) atoms. The number of Topliss-reactive ketones (excluding diaryl/α,β-unsaturated/α-hetero) is 1. The molecule has 2 aromatic carbocycles. The Balaban J connectivity index is 2.09. The minimum atomic E-state index is -0.772. The third kappa shape index (κ3) is 7.36. The second-order valence-corrected chi connectivity index (χ2v) is 10.1. The van der Waals surface area contributed by atoms with Crippen LogP contribution in [0.15, 0.2) is 48.0 Å². The number of amides is 1. The Morgan fingerprint density at radius 3 is 2.20 bits per heavy atom. The van der Waals surface area contributed by atoms with Gasteiger partial charge in [0.1, 0.15) is 11.5 Å². The molecule has 1 saturated heterocycles. The molecule has 1 aliphatic rings. The Bertz CT molecular complexity index is 1170. The van der Waals surface area contributed by atoms with E-state index >= 15 is 0 Å². The van der Waals surface area contributed by atoms with Crippen LogP contribution in [0, 0.1) is 5.92 Å². The second kappa shape index (κ2) is 14.7. The first-order valence-corrected chi connectivity index (χ1v) is 14.4. The van der Waals surface area contributed by atoms with Gasteiger partial charge in [0.25, 0.3) is 11.7 Å². The van der Waals surface area contributed by atoms with Crippen molar-refractivity contribution in [3.63, 3.8) is 0 Å². The molecule has 0 saturated carbocycles. The summed E-state index contributed by atoms with van der Waals surface area (Å²) in [5, 5.41) is 11.4. The molecule has 1 N–H and O–H groups in total. The zero-order valence-corrected chi connectivity index (χ0v) is 24.7. The molecule has 0 spiro atoms. The lowest BCUT2D eigenvalue weighted by atomic mass is 9.95. The summed E-state index contributed by atoms with van der Waals surface area (Å²) in [6, 6.07) is 11.6. The molecule has 0 aliphatic carbocycles. The van der Waals surface area contributed by atoms with Gasteiger partial charge in [-0.1, -0.05) is 33.8 Å². The van der Waals surface area contributed by atoms with E-state index in [9.17, 15) is 14.7 Å². The number of hydrogen-bond acceptors (Lipinski definition) is 7. The van der Waals surface area contributed by atoms with Crippen LogP contribution in [-0.2, 0) is 9.59 Å². The Morgan fingerprint density at radius 2 is 1.60 bits per heavy atom. The van der Waals surface area contributed by atoms with E-state index in [4.69, 9.17) is 14.2 Å². The highest BCUT2D eigenvalue weighted by atomic mass is 16.5. The SMILES string of the molecule is CCOc1ccc(/C(O)=C2\C(=O)C(=O)N(CCN(CC)CC)C2c2ccc(OCCC(C)C)c(OCC)c2)cc1. The van der Waals surface area contributed by atoms with Crippen LogP contribution >= 0.6 is 0 Å². The second-order valence-electron chi connectivity index (χ2n) is 10.1. The number of ketones is 1. The lowest BCUT2D eigenvalue weighted by Gasteiger charge is -2.28. The largest absolute Gasteiger partial charge is 0.507 e. The fraction of sp³-hybridized carbons (Fsp3) is 0.500. The summed E-state index contributed by atoms with van der Waals surface area (Å²) in [6.45, 7) is 16.3. The monoisotopic (exact) mass is 552 g/mol. The van der Waals surface area contributed by atoms with Crippen LogP contribution in [0.4, 0.5) is 0 Å². The Kier molecular flexibility index (Phi) is 11.4. The summed E-state index contributed by atoms with van der Waals surface area (Å²) < 4.78 is 17.5. The predicted octanol–water partition coefficient (Wildman–Crippen LogP) is 5.67. The number of carbonyl (C=O) groups excluding carboxylic acids is 2. The van der Waals surface area contributed by atoms with Crippen molar-refractivity contribution in [2.45, 2.75) is 54.0 Å². The number of likely N-dealkylation sites (N-methyl/N-ethyl adjacent to an activating group) is 1. The summed E-state index contributed by atoms with van der Waals surface area (Å²) in [4.78, 5) is 30.6. The van der Waals surface area contributed by atoms with Crippen molar-refractivity contribution in [3.05, 3.63) is 59.2 Å². The number of ether oxygens (including phenoxy) is 3. The average Bonchev–Trinajstić information content (AvgIpc) is 3.19. The zero-order chi connectivity index (χ0) is 29.2. The normalized spacial score (nSPS) is 16.7. The third-order valence-corrected chi connectivity index (χ3v) is 7.07. The molecule has 0 bridgehead atoms. The Morgan fingerprint density at radius 1 is 0.925 bits per heavy atom. The van der Waals surface area contributed by atoms with Crippen molar-refractivity contribution in [3.8, 4) is 17.2 Å². The van der Waals surface area contributed by atoms with Gasteiger partial charge in [-0.25, -0.2) is 0 Å². The lowest BCUT2D eigenvalue weighted by Crippen LogP contribution is -2.38. The topological polar surface area (TPSA) is 88.5 Å². The minimum Gasteiger partial charge on any atom is -0.507 e. The molecule has 0 radical (unpaired) electrons. The maximum absolute atomic E-state index is 13.4. The molecule has 218 valence electrons. The van der Waals surface area contributed by atoms with Crippen LogP contribution in [0.1, 0.15) is 65.1 Å². The first-order valence-electron chi connectivity index (χ1n) is 14.4. The van der Waals surface area contributed by atoms with Gasteiger partial charge in [0.05, 0.1) is 31.4 Å². The molecule has 1 aliphatic heterocycles. The van der Waals surface area contributed by atoms with Crippen LogP contribution in [0.3, 0.4) is 0 Å². The van der Waals surface area contributed by atoms with Gasteiger partial charge in [0.15, 0.2) is 11.5 Å². The van der Waals surface area contributed by atoms with Gasteiger partial charge in [-0.05, 0) is 81.2 Å². The molecule has 8 nitrogen and oxygen atoms in total. The molecule has 2 aromatic rings.